The van der Waals surface area contributed by atoms with Gasteiger partial charge in [-0.25, -0.2) is 0 Å². The molecule has 146 valence electrons. The summed E-state index contributed by atoms with van der Waals surface area (Å²) in [5, 5.41) is 13.0. The number of nitrogens with zero attached hydrogens (tertiary/aromatic N) is 1. The quantitative estimate of drug-likeness (QED) is 0.644. The van der Waals surface area contributed by atoms with E-state index in [2.05, 4.69) is 33.8 Å². The van der Waals surface area contributed by atoms with Crippen LogP contribution in [-0.4, -0.2) is 28.1 Å². The molecule has 1 unspecified atom stereocenters. The molecule has 0 spiro atoms. The first-order valence-electron chi connectivity index (χ1n) is 9.90. The molecule has 3 aromatic rings. The van der Waals surface area contributed by atoms with E-state index in [4.69, 9.17) is 0 Å². The molecule has 2 amide bonds. The van der Waals surface area contributed by atoms with E-state index in [1.807, 2.05) is 48.5 Å². The van der Waals surface area contributed by atoms with Crippen LogP contribution in [0.5, 0.6) is 0 Å². The standard InChI is InChI=1S/C23H22N4O2/c1-13-19-16-9-5-6-10-17(16)24-23(29)21(20(13)19)25-22(28)18-12-15(26-27-18)11-14-7-3-2-4-8-14/h2-10,12-13,19-21H,11H2,1H3,(H,24,29)(H,25,28)(H,26,27)/t13?,19-,20-,21-/m1/s1. The number of benzene rings is 2. The molecule has 4 atom stereocenters. The molecule has 1 fully saturated rings. The average Bonchev–Trinajstić information content (AvgIpc) is 3.18. The van der Waals surface area contributed by atoms with E-state index in [0.29, 0.717) is 18.0 Å². The molecule has 0 saturated heterocycles. The Bertz CT molecular complexity index is 1080. The van der Waals surface area contributed by atoms with Gasteiger partial charge in [0, 0.05) is 17.8 Å². The van der Waals surface area contributed by atoms with Crippen molar-refractivity contribution in [2.24, 2.45) is 11.8 Å². The van der Waals surface area contributed by atoms with E-state index in [1.165, 1.54) is 0 Å². The van der Waals surface area contributed by atoms with Crippen LogP contribution in [0, 0.1) is 11.8 Å². The van der Waals surface area contributed by atoms with Crippen LogP contribution >= 0.6 is 0 Å². The van der Waals surface area contributed by atoms with Crippen molar-refractivity contribution in [3.8, 4) is 0 Å². The summed E-state index contributed by atoms with van der Waals surface area (Å²) in [6.45, 7) is 2.14. The SMILES string of the molecule is CC1[C@H]2[C@@H](NC(=O)c3cc(Cc4ccccc4)[nH]n3)C(=O)Nc3ccccc3[C@@H]12. The van der Waals surface area contributed by atoms with E-state index in [1.54, 1.807) is 6.07 Å². The number of hydrogen-bond donors (Lipinski definition) is 3. The van der Waals surface area contributed by atoms with Crippen LogP contribution in [0.25, 0.3) is 0 Å². The van der Waals surface area contributed by atoms with Crippen LogP contribution in [0.3, 0.4) is 0 Å². The Morgan fingerprint density at radius 3 is 2.69 bits per heavy atom. The lowest BCUT2D eigenvalue weighted by atomic mass is 10.1. The molecule has 2 aliphatic rings. The maximum Gasteiger partial charge on any atom is 0.272 e. The number of amides is 2. The van der Waals surface area contributed by atoms with Crippen molar-refractivity contribution in [2.75, 3.05) is 5.32 Å². The molecule has 1 aliphatic carbocycles. The van der Waals surface area contributed by atoms with Crippen molar-refractivity contribution in [2.45, 2.75) is 25.3 Å². The van der Waals surface area contributed by atoms with Gasteiger partial charge in [0.25, 0.3) is 5.91 Å². The maximum absolute atomic E-state index is 12.8. The normalized spacial score (nSPS) is 24.7. The van der Waals surface area contributed by atoms with Gasteiger partial charge in [-0.3, -0.25) is 14.7 Å². The predicted molar refractivity (Wildman–Crippen MR) is 110 cm³/mol. The summed E-state index contributed by atoms with van der Waals surface area (Å²) in [5.74, 6) is 0.237. The summed E-state index contributed by atoms with van der Waals surface area (Å²) in [7, 11) is 0. The smallest absolute Gasteiger partial charge is 0.272 e. The summed E-state index contributed by atoms with van der Waals surface area (Å²) in [5.41, 5.74) is 4.30. The maximum atomic E-state index is 12.8. The van der Waals surface area contributed by atoms with Gasteiger partial charge in [0.2, 0.25) is 5.91 Å². The zero-order valence-corrected chi connectivity index (χ0v) is 16.1. The predicted octanol–water partition coefficient (Wildman–Crippen LogP) is 3.10. The van der Waals surface area contributed by atoms with Gasteiger partial charge in [-0.2, -0.15) is 5.10 Å². The van der Waals surface area contributed by atoms with Crippen molar-refractivity contribution in [3.05, 3.63) is 83.2 Å². The number of fused-ring (bicyclic) bond motifs is 3. The number of anilines is 1. The monoisotopic (exact) mass is 386 g/mol. The van der Waals surface area contributed by atoms with Crippen LogP contribution in [0.4, 0.5) is 5.69 Å². The molecule has 0 bridgehead atoms. The highest BCUT2D eigenvalue weighted by atomic mass is 16.2. The minimum Gasteiger partial charge on any atom is -0.339 e. The fourth-order valence-electron chi connectivity index (χ4n) is 4.54. The lowest BCUT2D eigenvalue weighted by Crippen LogP contribution is -2.45. The van der Waals surface area contributed by atoms with Crippen LogP contribution in [-0.2, 0) is 11.2 Å². The molecular weight excluding hydrogens is 364 g/mol. The van der Waals surface area contributed by atoms with Gasteiger partial charge < -0.3 is 10.6 Å². The third-order valence-corrected chi connectivity index (χ3v) is 6.08. The summed E-state index contributed by atoms with van der Waals surface area (Å²) >= 11 is 0. The summed E-state index contributed by atoms with van der Waals surface area (Å²) in [4.78, 5) is 25.6. The van der Waals surface area contributed by atoms with Gasteiger partial charge in [0.05, 0.1) is 0 Å². The summed E-state index contributed by atoms with van der Waals surface area (Å²) in [6, 6.07) is 19.1. The summed E-state index contributed by atoms with van der Waals surface area (Å²) < 4.78 is 0. The van der Waals surface area contributed by atoms with E-state index in [-0.39, 0.29) is 23.7 Å². The number of nitrogens with one attached hydrogen (secondary N) is 3. The topological polar surface area (TPSA) is 86.9 Å². The number of para-hydroxylation sites is 1. The molecule has 3 N–H and O–H groups in total. The Hall–Kier alpha value is -3.41. The minimum absolute atomic E-state index is 0.102. The summed E-state index contributed by atoms with van der Waals surface area (Å²) in [6.07, 6.45) is 0.669. The van der Waals surface area contributed by atoms with Crippen molar-refractivity contribution < 1.29 is 9.59 Å². The van der Waals surface area contributed by atoms with Crippen LogP contribution < -0.4 is 10.6 Å². The van der Waals surface area contributed by atoms with Crippen molar-refractivity contribution in [1.29, 1.82) is 0 Å². The molecule has 6 nitrogen and oxygen atoms in total. The van der Waals surface area contributed by atoms with Gasteiger partial charge in [-0.15, -0.1) is 0 Å². The highest BCUT2D eigenvalue weighted by Crippen LogP contribution is 2.58. The molecule has 5 rings (SSSR count). The average molecular weight is 386 g/mol. The molecule has 2 heterocycles. The third kappa shape index (κ3) is 3.20. The zero-order chi connectivity index (χ0) is 20.0. The van der Waals surface area contributed by atoms with E-state index in [0.717, 1.165) is 22.5 Å². The zero-order valence-electron chi connectivity index (χ0n) is 16.1. The molecule has 0 radical (unpaired) electrons. The second-order valence-corrected chi connectivity index (χ2v) is 7.93. The Kier molecular flexibility index (Phi) is 4.19. The molecule has 1 aromatic heterocycles. The number of rotatable bonds is 4. The number of carbonyl (C=O) groups excluding carboxylic acids is 2. The second kappa shape index (κ2) is 6.88. The van der Waals surface area contributed by atoms with Gasteiger partial charge in [-0.1, -0.05) is 55.5 Å². The fraction of sp³-hybridized carbons (Fsp3) is 0.261. The van der Waals surface area contributed by atoms with Crippen LogP contribution in [0.15, 0.2) is 60.7 Å². The first-order valence-corrected chi connectivity index (χ1v) is 9.90. The van der Waals surface area contributed by atoms with E-state index < -0.39 is 6.04 Å². The van der Waals surface area contributed by atoms with Crippen LogP contribution in [0.2, 0.25) is 0 Å². The molecule has 1 aliphatic heterocycles. The van der Waals surface area contributed by atoms with Crippen molar-refractivity contribution in [1.82, 2.24) is 15.5 Å². The first kappa shape index (κ1) is 17.7. The molecule has 1 saturated carbocycles. The number of hydrogen-bond acceptors (Lipinski definition) is 3. The molecule has 29 heavy (non-hydrogen) atoms. The Morgan fingerprint density at radius 2 is 1.86 bits per heavy atom. The highest BCUT2D eigenvalue weighted by molar-refractivity contribution is 6.02. The van der Waals surface area contributed by atoms with Crippen molar-refractivity contribution in [3.63, 3.8) is 0 Å². The number of aromatic nitrogens is 2. The lowest BCUT2D eigenvalue weighted by molar-refractivity contribution is -0.118. The Labute approximate surface area is 168 Å². The lowest BCUT2D eigenvalue weighted by Gasteiger charge is -2.16. The highest BCUT2D eigenvalue weighted by Gasteiger charge is 2.56. The van der Waals surface area contributed by atoms with Gasteiger partial charge in [-0.05, 0) is 41.0 Å². The van der Waals surface area contributed by atoms with Crippen molar-refractivity contribution >= 4 is 17.5 Å². The number of aromatic amines is 1. The molecule has 2 aromatic carbocycles. The third-order valence-electron chi connectivity index (χ3n) is 6.08. The first-order chi connectivity index (χ1) is 14.1. The fourth-order valence-corrected chi connectivity index (χ4v) is 4.54. The molecule has 6 heteroatoms. The van der Waals surface area contributed by atoms with E-state index >= 15 is 0 Å². The van der Waals surface area contributed by atoms with Gasteiger partial charge >= 0.3 is 0 Å². The van der Waals surface area contributed by atoms with Crippen LogP contribution in [0.1, 0.15) is 40.2 Å². The van der Waals surface area contributed by atoms with Gasteiger partial charge in [0.1, 0.15) is 11.7 Å². The van der Waals surface area contributed by atoms with Gasteiger partial charge in [0.15, 0.2) is 0 Å². The van der Waals surface area contributed by atoms with E-state index in [9.17, 15) is 9.59 Å². The minimum atomic E-state index is -0.566. The Morgan fingerprint density at radius 1 is 1.10 bits per heavy atom. The molecular formula is C23H22N4O2. The number of H-pyrrole nitrogens is 1. The Balaban J connectivity index is 1.32. The largest absolute Gasteiger partial charge is 0.339 e. The number of carbonyl (C=O) groups is 2. The second-order valence-electron chi connectivity index (χ2n) is 7.93.